The number of nitrogens with one attached hydrogen (secondary N) is 1. The third kappa shape index (κ3) is 5.79. The fourth-order valence-electron chi connectivity index (χ4n) is 3.75. The van der Waals surface area contributed by atoms with Gasteiger partial charge in [0.25, 0.3) is 0 Å². The Balaban J connectivity index is 1.77. The Labute approximate surface area is 176 Å². The van der Waals surface area contributed by atoms with Gasteiger partial charge in [0.05, 0.1) is 18.1 Å². The molecule has 0 radical (unpaired) electrons. The van der Waals surface area contributed by atoms with Gasteiger partial charge in [-0.3, -0.25) is 4.79 Å². The molecule has 28 heavy (non-hydrogen) atoms. The average Bonchev–Trinajstić information content (AvgIpc) is 2.74. The molecule has 2 atom stereocenters. The summed E-state index contributed by atoms with van der Waals surface area (Å²) < 4.78 is 7.36. The zero-order valence-electron chi connectivity index (χ0n) is 16.1. The standard InChI is InChI=1S/C24H28BrNO2/c1-2-22(28-21-11-7-4-8-12-21)23(19-13-15-20(25)16-14-19)24(27)26-17-18-9-5-3-6-10-18/h2-3,5-6,9-10,13-16,21-23H,1,4,7-8,11-12,17H2,(H,26,27)/t22-,23-/m1/s1. The van der Waals surface area contributed by atoms with Crippen molar-refractivity contribution in [2.75, 3.05) is 0 Å². The summed E-state index contributed by atoms with van der Waals surface area (Å²) in [6, 6.07) is 17.9. The molecule has 1 saturated carbocycles. The molecule has 0 bridgehead atoms. The number of rotatable bonds is 8. The van der Waals surface area contributed by atoms with Crippen LogP contribution in [0.2, 0.25) is 0 Å². The molecule has 1 aliphatic rings. The highest BCUT2D eigenvalue weighted by molar-refractivity contribution is 9.10. The van der Waals surface area contributed by atoms with Crippen molar-refractivity contribution < 1.29 is 9.53 Å². The highest BCUT2D eigenvalue weighted by atomic mass is 79.9. The van der Waals surface area contributed by atoms with Gasteiger partial charge in [0.2, 0.25) is 5.91 Å². The summed E-state index contributed by atoms with van der Waals surface area (Å²) in [4.78, 5) is 13.2. The average molecular weight is 442 g/mol. The van der Waals surface area contributed by atoms with Crippen LogP contribution in [0.3, 0.4) is 0 Å². The molecule has 0 spiro atoms. The second-order valence-corrected chi connectivity index (χ2v) is 8.24. The van der Waals surface area contributed by atoms with E-state index in [1.807, 2.05) is 54.6 Å². The minimum absolute atomic E-state index is 0.0353. The van der Waals surface area contributed by atoms with Crippen LogP contribution in [0.5, 0.6) is 0 Å². The Bertz CT molecular complexity index is 754. The molecule has 0 unspecified atom stereocenters. The van der Waals surface area contributed by atoms with Gasteiger partial charge in [-0.2, -0.15) is 0 Å². The predicted molar refractivity (Wildman–Crippen MR) is 117 cm³/mol. The third-order valence-electron chi connectivity index (χ3n) is 5.28. The molecule has 2 aromatic rings. The highest BCUT2D eigenvalue weighted by Crippen LogP contribution is 2.29. The maximum atomic E-state index is 13.2. The number of benzene rings is 2. The molecule has 0 aromatic heterocycles. The van der Waals surface area contributed by atoms with Crippen molar-refractivity contribution in [3.63, 3.8) is 0 Å². The van der Waals surface area contributed by atoms with Gasteiger partial charge in [-0.15, -0.1) is 6.58 Å². The molecule has 0 saturated heterocycles. The Morgan fingerprint density at radius 2 is 1.79 bits per heavy atom. The fraction of sp³-hybridized carbons (Fsp3) is 0.375. The number of amides is 1. The van der Waals surface area contributed by atoms with E-state index in [0.717, 1.165) is 28.4 Å². The lowest BCUT2D eigenvalue weighted by Gasteiger charge is -2.30. The van der Waals surface area contributed by atoms with E-state index in [-0.39, 0.29) is 18.1 Å². The number of hydrogen-bond donors (Lipinski definition) is 1. The van der Waals surface area contributed by atoms with Crippen molar-refractivity contribution in [1.82, 2.24) is 5.32 Å². The first kappa shape index (κ1) is 20.8. The molecule has 2 aromatic carbocycles. The molecule has 0 heterocycles. The van der Waals surface area contributed by atoms with Crippen molar-refractivity contribution in [2.45, 2.75) is 56.8 Å². The van der Waals surface area contributed by atoms with E-state index in [9.17, 15) is 4.79 Å². The van der Waals surface area contributed by atoms with Crippen LogP contribution in [0.4, 0.5) is 0 Å². The zero-order chi connectivity index (χ0) is 19.8. The van der Waals surface area contributed by atoms with Gasteiger partial charge in [-0.05, 0) is 36.1 Å². The van der Waals surface area contributed by atoms with Gasteiger partial charge >= 0.3 is 0 Å². The van der Waals surface area contributed by atoms with Crippen LogP contribution in [0.1, 0.15) is 49.1 Å². The van der Waals surface area contributed by atoms with Crippen LogP contribution in [0.25, 0.3) is 0 Å². The van der Waals surface area contributed by atoms with Crippen LogP contribution >= 0.6 is 15.9 Å². The van der Waals surface area contributed by atoms with Crippen LogP contribution in [-0.4, -0.2) is 18.1 Å². The van der Waals surface area contributed by atoms with Crippen molar-refractivity contribution in [3.8, 4) is 0 Å². The highest BCUT2D eigenvalue weighted by Gasteiger charge is 2.31. The Morgan fingerprint density at radius 1 is 1.11 bits per heavy atom. The van der Waals surface area contributed by atoms with E-state index >= 15 is 0 Å². The van der Waals surface area contributed by atoms with Gasteiger partial charge in [0.1, 0.15) is 0 Å². The molecule has 1 N–H and O–H groups in total. The first-order chi connectivity index (χ1) is 13.7. The smallest absolute Gasteiger partial charge is 0.230 e. The summed E-state index contributed by atoms with van der Waals surface area (Å²) in [5.41, 5.74) is 2.02. The monoisotopic (exact) mass is 441 g/mol. The minimum atomic E-state index is -0.420. The first-order valence-electron chi connectivity index (χ1n) is 10.0. The van der Waals surface area contributed by atoms with Crippen molar-refractivity contribution in [3.05, 3.63) is 82.9 Å². The second-order valence-electron chi connectivity index (χ2n) is 7.33. The second kappa shape index (κ2) is 10.6. The van der Waals surface area contributed by atoms with Crippen LogP contribution in [-0.2, 0) is 16.1 Å². The van der Waals surface area contributed by atoms with E-state index in [4.69, 9.17) is 4.74 Å². The quantitative estimate of drug-likeness (QED) is 0.529. The minimum Gasteiger partial charge on any atom is -0.370 e. The Hall–Kier alpha value is -1.91. The van der Waals surface area contributed by atoms with Crippen LogP contribution in [0.15, 0.2) is 71.7 Å². The van der Waals surface area contributed by atoms with Crippen molar-refractivity contribution >= 4 is 21.8 Å². The number of ether oxygens (including phenoxy) is 1. The molecule has 1 amide bonds. The summed E-state index contributed by atoms with van der Waals surface area (Å²) in [5, 5.41) is 3.09. The zero-order valence-corrected chi connectivity index (χ0v) is 17.7. The normalized spacial score (nSPS) is 16.9. The largest absolute Gasteiger partial charge is 0.370 e. The predicted octanol–water partition coefficient (Wildman–Crippen LogP) is 5.75. The van der Waals surface area contributed by atoms with Gasteiger partial charge in [-0.25, -0.2) is 0 Å². The molecular formula is C24H28BrNO2. The molecule has 148 valence electrons. The molecule has 4 heteroatoms. The van der Waals surface area contributed by atoms with Crippen molar-refractivity contribution in [2.24, 2.45) is 0 Å². The maximum Gasteiger partial charge on any atom is 0.230 e. The SMILES string of the molecule is C=C[C@@H](OC1CCCCC1)[C@H](C(=O)NCc1ccccc1)c1ccc(Br)cc1. The lowest BCUT2D eigenvalue weighted by Crippen LogP contribution is -2.38. The summed E-state index contributed by atoms with van der Waals surface area (Å²) in [7, 11) is 0. The summed E-state index contributed by atoms with van der Waals surface area (Å²) in [6.45, 7) is 4.48. The van der Waals surface area contributed by atoms with E-state index < -0.39 is 5.92 Å². The van der Waals surface area contributed by atoms with Gasteiger partial charge in [0, 0.05) is 11.0 Å². The number of carbonyl (C=O) groups is 1. The maximum absolute atomic E-state index is 13.2. The van der Waals surface area contributed by atoms with Crippen molar-refractivity contribution in [1.29, 1.82) is 0 Å². The van der Waals surface area contributed by atoms with E-state index in [0.29, 0.717) is 6.54 Å². The van der Waals surface area contributed by atoms with Gasteiger partial charge in [-0.1, -0.05) is 83.7 Å². The fourth-order valence-corrected chi connectivity index (χ4v) is 4.01. The summed E-state index contributed by atoms with van der Waals surface area (Å²) in [6.07, 6.45) is 7.41. The Kier molecular flexibility index (Phi) is 7.87. The lowest BCUT2D eigenvalue weighted by atomic mass is 9.91. The number of halogens is 1. The molecule has 3 rings (SSSR count). The van der Waals surface area contributed by atoms with Gasteiger partial charge in [0.15, 0.2) is 0 Å². The third-order valence-corrected chi connectivity index (χ3v) is 5.81. The number of hydrogen-bond acceptors (Lipinski definition) is 2. The molecule has 1 fully saturated rings. The van der Waals surface area contributed by atoms with E-state index in [1.165, 1.54) is 19.3 Å². The summed E-state index contributed by atoms with van der Waals surface area (Å²) >= 11 is 3.47. The Morgan fingerprint density at radius 3 is 2.43 bits per heavy atom. The number of carbonyl (C=O) groups excluding carboxylic acids is 1. The molecular weight excluding hydrogens is 414 g/mol. The lowest BCUT2D eigenvalue weighted by molar-refractivity contribution is -0.127. The van der Waals surface area contributed by atoms with Crippen LogP contribution < -0.4 is 5.32 Å². The topological polar surface area (TPSA) is 38.3 Å². The van der Waals surface area contributed by atoms with E-state index in [1.54, 1.807) is 6.08 Å². The first-order valence-corrected chi connectivity index (χ1v) is 10.8. The van der Waals surface area contributed by atoms with Crippen LogP contribution in [0, 0.1) is 0 Å². The molecule has 1 aliphatic carbocycles. The molecule has 3 nitrogen and oxygen atoms in total. The van der Waals surface area contributed by atoms with Gasteiger partial charge < -0.3 is 10.1 Å². The summed E-state index contributed by atoms with van der Waals surface area (Å²) in [5.74, 6) is -0.455. The van der Waals surface area contributed by atoms with E-state index in [2.05, 4.69) is 27.8 Å². The molecule has 0 aliphatic heterocycles.